The lowest BCUT2D eigenvalue weighted by molar-refractivity contribution is 0.130. The number of hydrogen-bond donors (Lipinski definition) is 2. The monoisotopic (exact) mass is 449 g/mol. The Labute approximate surface area is 193 Å². The molecule has 0 bridgehead atoms. The molecule has 1 aliphatic carbocycles. The molecule has 1 atom stereocenters. The zero-order valence-corrected chi connectivity index (χ0v) is 18.9. The van der Waals surface area contributed by atoms with Crippen molar-refractivity contribution in [2.45, 2.75) is 50.9 Å². The van der Waals surface area contributed by atoms with Crippen LogP contribution in [0.3, 0.4) is 0 Å². The maximum atomic E-state index is 12.6. The summed E-state index contributed by atoms with van der Waals surface area (Å²) in [4.78, 5) is 24.8. The maximum absolute atomic E-state index is 12.6. The van der Waals surface area contributed by atoms with Crippen LogP contribution < -0.4 is 21.3 Å². The number of fused-ring (bicyclic) bond motifs is 1. The van der Waals surface area contributed by atoms with E-state index in [-0.39, 0.29) is 24.3 Å². The number of alkyl carbamates (subject to hydrolysis) is 1. The van der Waals surface area contributed by atoms with E-state index in [0.29, 0.717) is 18.1 Å². The first-order valence-electron chi connectivity index (χ1n) is 11.5. The Morgan fingerprint density at radius 2 is 1.82 bits per heavy atom. The molecule has 2 aromatic carbocycles. The number of nitrogens with zero attached hydrogens (tertiary/aromatic N) is 1. The Kier molecular flexibility index (Phi) is 7.29. The number of nitrogens with one attached hydrogen (secondary N) is 1. The number of rotatable bonds is 7. The quantitative estimate of drug-likeness (QED) is 0.559. The molecule has 0 aliphatic heterocycles. The first-order chi connectivity index (χ1) is 16.0. The van der Waals surface area contributed by atoms with E-state index in [1.807, 2.05) is 54.6 Å². The molecule has 3 N–H and O–H groups in total. The molecule has 33 heavy (non-hydrogen) atoms. The fourth-order valence-electron chi connectivity index (χ4n) is 4.62. The van der Waals surface area contributed by atoms with Crippen molar-refractivity contribution in [2.75, 3.05) is 7.11 Å². The van der Waals surface area contributed by atoms with Gasteiger partial charge in [-0.1, -0.05) is 30.3 Å². The van der Waals surface area contributed by atoms with Crippen LogP contribution in [0.2, 0.25) is 0 Å². The lowest BCUT2D eigenvalue weighted by Gasteiger charge is -2.31. The third kappa shape index (κ3) is 5.73. The van der Waals surface area contributed by atoms with Crippen molar-refractivity contribution in [3.05, 3.63) is 76.6 Å². The molecule has 7 nitrogen and oxygen atoms in total. The van der Waals surface area contributed by atoms with Crippen molar-refractivity contribution in [3.8, 4) is 5.75 Å². The van der Waals surface area contributed by atoms with E-state index in [2.05, 4.69) is 5.32 Å². The van der Waals surface area contributed by atoms with E-state index in [1.165, 1.54) is 0 Å². The average molecular weight is 450 g/mol. The molecule has 0 radical (unpaired) electrons. The van der Waals surface area contributed by atoms with E-state index in [1.54, 1.807) is 17.7 Å². The second kappa shape index (κ2) is 10.5. The third-order valence-corrected chi connectivity index (χ3v) is 6.43. The molecular formula is C26H31N3O4. The molecule has 7 heteroatoms. The zero-order valence-electron chi connectivity index (χ0n) is 18.9. The van der Waals surface area contributed by atoms with Crippen LogP contribution in [0, 0.1) is 5.92 Å². The normalized spacial score (nSPS) is 19.1. The van der Waals surface area contributed by atoms with Crippen molar-refractivity contribution >= 4 is 17.0 Å². The van der Waals surface area contributed by atoms with Gasteiger partial charge in [0, 0.05) is 18.2 Å². The molecule has 1 aliphatic rings. The topological polar surface area (TPSA) is 95.6 Å². The van der Waals surface area contributed by atoms with Crippen LogP contribution >= 0.6 is 0 Å². The van der Waals surface area contributed by atoms with E-state index >= 15 is 0 Å². The Morgan fingerprint density at radius 3 is 2.55 bits per heavy atom. The Bertz CT molecular complexity index is 1140. The van der Waals surface area contributed by atoms with Crippen molar-refractivity contribution in [3.63, 3.8) is 0 Å². The summed E-state index contributed by atoms with van der Waals surface area (Å²) >= 11 is 0. The van der Waals surface area contributed by atoms with Gasteiger partial charge in [0.05, 0.1) is 18.8 Å². The molecule has 1 unspecified atom stereocenters. The number of nitrogens with two attached hydrogens (primary N) is 1. The highest BCUT2D eigenvalue weighted by atomic mass is 16.5. The number of methoxy groups -OCH3 is 1. The molecule has 1 saturated carbocycles. The predicted octanol–water partition coefficient (Wildman–Crippen LogP) is 4.34. The SMILES string of the molecule is COc1ccc2ccc(=O)n(C(N)CC3CCC(NC(=O)OCc4ccccc4)CC3)c2c1. The van der Waals surface area contributed by atoms with Crippen LogP contribution in [0.4, 0.5) is 4.79 Å². The van der Waals surface area contributed by atoms with Crippen molar-refractivity contribution in [2.24, 2.45) is 11.7 Å². The molecule has 0 spiro atoms. The molecule has 1 aromatic heterocycles. The highest BCUT2D eigenvalue weighted by molar-refractivity contribution is 5.80. The van der Waals surface area contributed by atoms with Gasteiger partial charge in [-0.3, -0.25) is 9.36 Å². The van der Waals surface area contributed by atoms with Gasteiger partial charge in [0.15, 0.2) is 0 Å². The van der Waals surface area contributed by atoms with Crippen LogP contribution in [0.15, 0.2) is 65.5 Å². The summed E-state index contributed by atoms with van der Waals surface area (Å²) in [5.41, 5.74) is 8.16. The average Bonchev–Trinajstić information content (AvgIpc) is 2.84. The van der Waals surface area contributed by atoms with Crippen LogP contribution in [0.1, 0.15) is 43.8 Å². The Hall–Kier alpha value is -3.32. The molecule has 1 heterocycles. The number of carbonyl (C=O) groups excluding carboxylic acids is 1. The first kappa shape index (κ1) is 22.9. The van der Waals surface area contributed by atoms with Crippen molar-refractivity contribution in [1.82, 2.24) is 9.88 Å². The Balaban J connectivity index is 1.31. The summed E-state index contributed by atoms with van der Waals surface area (Å²) < 4.78 is 12.3. The first-order valence-corrected chi connectivity index (χ1v) is 11.5. The largest absolute Gasteiger partial charge is 0.497 e. The molecule has 174 valence electrons. The van der Waals surface area contributed by atoms with Crippen LogP contribution in [-0.2, 0) is 11.3 Å². The van der Waals surface area contributed by atoms with E-state index in [9.17, 15) is 9.59 Å². The number of carbonyl (C=O) groups is 1. The summed E-state index contributed by atoms with van der Waals surface area (Å²) in [6.07, 6.45) is 3.54. The van der Waals surface area contributed by atoms with Gasteiger partial charge in [-0.2, -0.15) is 0 Å². The maximum Gasteiger partial charge on any atom is 0.407 e. The highest BCUT2D eigenvalue weighted by Crippen LogP contribution is 2.30. The van der Waals surface area contributed by atoms with Gasteiger partial charge < -0.3 is 20.5 Å². The lowest BCUT2D eigenvalue weighted by Crippen LogP contribution is -2.39. The highest BCUT2D eigenvalue weighted by Gasteiger charge is 2.25. The molecule has 3 aromatic rings. The van der Waals surface area contributed by atoms with Crippen LogP contribution in [-0.4, -0.2) is 23.8 Å². The van der Waals surface area contributed by atoms with Gasteiger partial charge in [-0.05, 0) is 67.2 Å². The smallest absolute Gasteiger partial charge is 0.407 e. The fourth-order valence-corrected chi connectivity index (χ4v) is 4.62. The second-order valence-electron chi connectivity index (χ2n) is 8.69. The molecule has 1 amide bonds. The van der Waals surface area contributed by atoms with E-state index < -0.39 is 6.17 Å². The predicted molar refractivity (Wildman–Crippen MR) is 128 cm³/mol. The summed E-state index contributed by atoms with van der Waals surface area (Å²) in [5, 5.41) is 3.93. The standard InChI is InChI=1S/C26H31N3O4/c1-32-22-13-9-20-10-14-25(30)29(23(20)16-22)24(27)15-18-7-11-21(12-8-18)28-26(31)33-17-19-5-3-2-4-6-19/h2-6,9-10,13-14,16,18,21,24H,7-8,11-12,15,17,27H2,1H3,(H,28,31). The number of amides is 1. The minimum atomic E-state index is -0.418. The minimum Gasteiger partial charge on any atom is -0.497 e. The third-order valence-electron chi connectivity index (χ3n) is 6.43. The molecule has 0 saturated heterocycles. The second-order valence-corrected chi connectivity index (χ2v) is 8.69. The van der Waals surface area contributed by atoms with Gasteiger partial charge >= 0.3 is 6.09 Å². The molecule has 4 rings (SSSR count). The Morgan fingerprint density at radius 1 is 1.09 bits per heavy atom. The van der Waals surface area contributed by atoms with Gasteiger partial charge in [0.25, 0.3) is 5.56 Å². The number of aromatic nitrogens is 1. The summed E-state index contributed by atoms with van der Waals surface area (Å²) in [6, 6.07) is 18.8. The summed E-state index contributed by atoms with van der Waals surface area (Å²) in [7, 11) is 1.61. The lowest BCUT2D eigenvalue weighted by atomic mass is 9.83. The molecule has 1 fully saturated rings. The van der Waals surface area contributed by atoms with E-state index in [0.717, 1.165) is 42.1 Å². The van der Waals surface area contributed by atoms with Gasteiger partial charge in [0.2, 0.25) is 0 Å². The number of ether oxygens (including phenoxy) is 2. The van der Waals surface area contributed by atoms with Crippen molar-refractivity contribution < 1.29 is 14.3 Å². The molecular weight excluding hydrogens is 418 g/mol. The fraction of sp³-hybridized carbons (Fsp3) is 0.385. The minimum absolute atomic E-state index is 0.102. The van der Waals surface area contributed by atoms with Gasteiger partial charge in [0.1, 0.15) is 12.4 Å². The van der Waals surface area contributed by atoms with E-state index in [4.69, 9.17) is 15.2 Å². The summed E-state index contributed by atoms with van der Waals surface area (Å²) in [5.74, 6) is 1.09. The zero-order chi connectivity index (χ0) is 23.2. The number of pyridine rings is 1. The van der Waals surface area contributed by atoms with Gasteiger partial charge in [-0.15, -0.1) is 0 Å². The number of hydrogen-bond acceptors (Lipinski definition) is 5. The van der Waals surface area contributed by atoms with Gasteiger partial charge in [-0.25, -0.2) is 4.79 Å². The van der Waals surface area contributed by atoms with Crippen molar-refractivity contribution in [1.29, 1.82) is 0 Å². The number of benzene rings is 2. The van der Waals surface area contributed by atoms with Crippen LogP contribution in [0.5, 0.6) is 5.75 Å². The summed E-state index contributed by atoms with van der Waals surface area (Å²) in [6.45, 7) is 0.265. The van der Waals surface area contributed by atoms with Crippen LogP contribution in [0.25, 0.3) is 10.9 Å².